The number of anilines is 3. The largest absolute Gasteiger partial charge is 0.397 e. The van der Waals surface area contributed by atoms with E-state index in [0.717, 1.165) is 18.2 Å². The van der Waals surface area contributed by atoms with E-state index in [9.17, 15) is 31.0 Å². The Morgan fingerprint density at radius 3 is 2.03 bits per heavy atom. The van der Waals surface area contributed by atoms with Crippen LogP contribution in [-0.4, -0.2) is 37.5 Å². The van der Waals surface area contributed by atoms with Crippen molar-refractivity contribution in [3.8, 4) is 0 Å². The first kappa shape index (κ1) is 23.1. The van der Waals surface area contributed by atoms with E-state index < -0.39 is 42.3 Å². The van der Waals surface area contributed by atoms with Crippen LogP contribution in [0.2, 0.25) is 0 Å². The summed E-state index contributed by atoms with van der Waals surface area (Å²) >= 11 is 3.21. The van der Waals surface area contributed by atoms with Crippen LogP contribution >= 0.6 is 15.9 Å². The van der Waals surface area contributed by atoms with Gasteiger partial charge in [-0.1, -0.05) is 12.1 Å². The summed E-state index contributed by atoms with van der Waals surface area (Å²) < 4.78 is 65.0. The number of nitrogen functional groups attached to an aromatic ring is 1. The zero-order chi connectivity index (χ0) is 24.3. The van der Waals surface area contributed by atoms with Crippen LogP contribution in [0.3, 0.4) is 0 Å². The highest BCUT2D eigenvalue weighted by Gasteiger charge is 2.38. The van der Waals surface area contributed by atoms with E-state index in [1.807, 2.05) is 0 Å². The minimum atomic E-state index is -4.81. The number of ketones is 2. The third-order valence-electron chi connectivity index (χ3n) is 4.98. The van der Waals surface area contributed by atoms with Crippen molar-refractivity contribution in [2.75, 3.05) is 11.1 Å². The number of nitrogens with one attached hydrogen (secondary N) is 1. The number of carbonyl (C=O) groups is 2. The van der Waals surface area contributed by atoms with Crippen molar-refractivity contribution in [1.29, 1.82) is 0 Å². The maximum Gasteiger partial charge on any atom is 0.295 e. The van der Waals surface area contributed by atoms with Crippen LogP contribution in [0.4, 0.5) is 17.1 Å². The fraction of sp³-hybridized carbons (Fsp3) is 0. The third-order valence-corrected chi connectivity index (χ3v) is 7.40. The zero-order valence-electron chi connectivity index (χ0n) is 16.2. The number of rotatable bonds is 4. The van der Waals surface area contributed by atoms with Gasteiger partial charge in [-0.15, -0.1) is 0 Å². The number of hydrogen-bond donors (Lipinski definition) is 4. The van der Waals surface area contributed by atoms with Gasteiger partial charge in [0.15, 0.2) is 11.6 Å². The Morgan fingerprint density at radius 1 is 0.818 bits per heavy atom. The van der Waals surface area contributed by atoms with E-state index in [4.69, 9.17) is 10.3 Å². The van der Waals surface area contributed by atoms with Gasteiger partial charge in [-0.2, -0.15) is 16.8 Å². The Balaban J connectivity index is 1.91. The van der Waals surface area contributed by atoms with Crippen molar-refractivity contribution >= 4 is 64.8 Å². The third kappa shape index (κ3) is 3.94. The van der Waals surface area contributed by atoms with Gasteiger partial charge in [-0.05, 0) is 52.3 Å². The number of carbonyl (C=O) groups excluding carboxylic acids is 2. The van der Waals surface area contributed by atoms with Gasteiger partial charge in [0.1, 0.15) is 4.90 Å². The number of fused-ring (bicyclic) bond motifs is 2. The maximum atomic E-state index is 13.3. The Hall–Kier alpha value is -3.10. The molecule has 0 spiro atoms. The Bertz CT molecular complexity index is 1580. The highest BCUT2D eigenvalue weighted by atomic mass is 79.9. The molecule has 0 aliphatic heterocycles. The Kier molecular flexibility index (Phi) is 5.41. The molecule has 0 heterocycles. The van der Waals surface area contributed by atoms with Crippen LogP contribution in [0.5, 0.6) is 0 Å². The van der Waals surface area contributed by atoms with E-state index in [0.29, 0.717) is 5.69 Å². The molecule has 0 amide bonds. The van der Waals surface area contributed by atoms with Gasteiger partial charge in [0.05, 0.1) is 33.0 Å². The summed E-state index contributed by atoms with van der Waals surface area (Å²) in [5.41, 5.74) is 5.30. The molecule has 0 atom stereocenters. The fourth-order valence-electron chi connectivity index (χ4n) is 3.53. The summed E-state index contributed by atoms with van der Waals surface area (Å²) in [5.74, 6) is -1.57. The average molecular weight is 553 g/mol. The molecular formula is C20H13BrN2O8S2. The van der Waals surface area contributed by atoms with Crippen molar-refractivity contribution in [1.82, 2.24) is 0 Å². The number of halogens is 1. The molecule has 3 aromatic carbocycles. The van der Waals surface area contributed by atoms with Gasteiger partial charge >= 0.3 is 0 Å². The van der Waals surface area contributed by atoms with E-state index in [1.165, 1.54) is 30.3 Å². The topological polar surface area (TPSA) is 181 Å². The standard InChI is InChI=1S/C20H13BrN2O8S2/c21-12-8-13(23-9-4-6-10(7-5-9)32(26,27)28)16-17(18(12)22)20(25)15-11(19(16)24)2-1-3-14(15)33(29,30)31/h1-8,23H,22H2,(H,26,27,28)(H,29,30,31). The van der Waals surface area contributed by atoms with E-state index in [2.05, 4.69) is 21.2 Å². The summed E-state index contributed by atoms with van der Waals surface area (Å²) in [6, 6.07) is 9.87. The second-order valence-corrected chi connectivity index (χ2v) is 10.7. The number of hydrogen-bond acceptors (Lipinski definition) is 8. The predicted molar refractivity (Wildman–Crippen MR) is 121 cm³/mol. The van der Waals surface area contributed by atoms with Crippen molar-refractivity contribution in [3.63, 3.8) is 0 Å². The van der Waals surface area contributed by atoms with Gasteiger partial charge in [-0.25, -0.2) is 0 Å². The first-order valence-corrected chi connectivity index (χ1v) is 12.6. The molecule has 1 aliphatic rings. The molecule has 0 saturated carbocycles. The van der Waals surface area contributed by atoms with Crippen LogP contribution in [0, 0.1) is 0 Å². The van der Waals surface area contributed by atoms with Crippen LogP contribution in [0.15, 0.2) is 62.8 Å². The van der Waals surface area contributed by atoms with Crippen LogP contribution in [0.25, 0.3) is 0 Å². The lowest BCUT2D eigenvalue weighted by molar-refractivity contribution is 0.0977. The monoisotopic (exact) mass is 552 g/mol. The lowest BCUT2D eigenvalue weighted by atomic mass is 9.82. The van der Waals surface area contributed by atoms with E-state index in [-0.39, 0.29) is 37.4 Å². The highest BCUT2D eigenvalue weighted by molar-refractivity contribution is 9.10. The zero-order valence-corrected chi connectivity index (χ0v) is 19.5. The minimum absolute atomic E-state index is 0.105. The fourth-order valence-corrected chi connectivity index (χ4v) is 5.15. The van der Waals surface area contributed by atoms with Gasteiger partial charge in [0, 0.05) is 15.7 Å². The molecule has 0 saturated heterocycles. The molecule has 170 valence electrons. The van der Waals surface area contributed by atoms with Crippen LogP contribution in [-0.2, 0) is 20.2 Å². The Morgan fingerprint density at radius 2 is 1.45 bits per heavy atom. The molecule has 33 heavy (non-hydrogen) atoms. The molecule has 0 radical (unpaired) electrons. The van der Waals surface area contributed by atoms with Gasteiger partial charge in [-0.3, -0.25) is 18.7 Å². The van der Waals surface area contributed by atoms with E-state index in [1.54, 1.807) is 0 Å². The lowest BCUT2D eigenvalue weighted by Crippen LogP contribution is -2.26. The second-order valence-electron chi connectivity index (χ2n) is 7.01. The Labute approximate surface area is 196 Å². The van der Waals surface area contributed by atoms with Crippen molar-refractivity contribution in [2.45, 2.75) is 9.79 Å². The van der Waals surface area contributed by atoms with Crippen LogP contribution < -0.4 is 11.1 Å². The molecule has 0 unspecified atom stereocenters. The quantitative estimate of drug-likeness (QED) is 0.217. The lowest BCUT2D eigenvalue weighted by Gasteiger charge is -2.24. The molecule has 4 rings (SSSR count). The molecular weight excluding hydrogens is 540 g/mol. The highest BCUT2D eigenvalue weighted by Crippen LogP contribution is 2.41. The van der Waals surface area contributed by atoms with Crippen molar-refractivity contribution < 1.29 is 35.5 Å². The SMILES string of the molecule is Nc1c(Br)cc(Nc2ccc(S(=O)(=O)O)cc2)c2c1C(=O)c1c(cccc1S(=O)(=O)O)C2=O. The first-order valence-electron chi connectivity index (χ1n) is 8.97. The number of nitrogens with two attached hydrogens (primary N) is 1. The molecule has 13 heteroatoms. The van der Waals surface area contributed by atoms with Crippen molar-refractivity contribution in [2.24, 2.45) is 0 Å². The molecule has 5 N–H and O–H groups in total. The van der Waals surface area contributed by atoms with Gasteiger partial charge in [0.25, 0.3) is 20.2 Å². The molecule has 0 bridgehead atoms. The van der Waals surface area contributed by atoms with Gasteiger partial charge in [0.2, 0.25) is 0 Å². The summed E-state index contributed by atoms with van der Waals surface area (Å²) in [6.45, 7) is 0. The second kappa shape index (κ2) is 7.74. The summed E-state index contributed by atoms with van der Waals surface area (Å²) in [5, 5.41) is 2.90. The smallest absolute Gasteiger partial charge is 0.295 e. The summed E-state index contributed by atoms with van der Waals surface area (Å²) in [6.07, 6.45) is 0. The average Bonchev–Trinajstić information content (AvgIpc) is 2.73. The maximum absolute atomic E-state index is 13.3. The normalized spacial score (nSPS) is 13.4. The predicted octanol–water partition coefficient (Wildman–Crippen LogP) is 3.04. The summed E-state index contributed by atoms with van der Waals surface area (Å²) in [4.78, 5) is 25.6. The first-order chi connectivity index (χ1) is 15.3. The van der Waals surface area contributed by atoms with Gasteiger partial charge < -0.3 is 11.1 Å². The van der Waals surface area contributed by atoms with Crippen molar-refractivity contribution in [3.05, 3.63) is 75.3 Å². The molecule has 3 aromatic rings. The molecule has 10 nitrogen and oxygen atoms in total. The molecule has 0 fully saturated rings. The van der Waals surface area contributed by atoms with E-state index >= 15 is 0 Å². The molecule has 1 aliphatic carbocycles. The number of benzene rings is 3. The molecule has 0 aromatic heterocycles. The minimum Gasteiger partial charge on any atom is -0.397 e. The van der Waals surface area contributed by atoms with Crippen LogP contribution in [0.1, 0.15) is 31.8 Å². The summed E-state index contributed by atoms with van der Waals surface area (Å²) in [7, 11) is -9.22.